The molecule has 1 aliphatic rings. The van der Waals surface area contributed by atoms with Gasteiger partial charge in [0.15, 0.2) is 5.76 Å². The average molecular weight is 412 g/mol. The van der Waals surface area contributed by atoms with E-state index in [0.717, 1.165) is 18.4 Å². The van der Waals surface area contributed by atoms with E-state index in [4.69, 9.17) is 8.83 Å². The molecular formula is C22H25N3O3S. The Bertz CT molecular complexity index is 927. The second kappa shape index (κ2) is 8.86. The summed E-state index contributed by atoms with van der Waals surface area (Å²) in [6.45, 7) is 5.78. The first-order valence-corrected chi connectivity index (χ1v) is 10.9. The molecule has 0 saturated carbocycles. The predicted molar refractivity (Wildman–Crippen MR) is 112 cm³/mol. The third kappa shape index (κ3) is 4.90. The first-order chi connectivity index (χ1) is 14.1. The molecule has 3 aromatic rings. The second-order valence-corrected chi connectivity index (χ2v) is 9.22. The minimum atomic E-state index is 0.175. The summed E-state index contributed by atoms with van der Waals surface area (Å²) in [5.41, 5.74) is 1.06. The topological polar surface area (TPSA) is 72.4 Å². The SMILES string of the molecule is CC(C)Sc1ccc(CC(=O)N2CCC(c3nnc(-c4ccco4)o3)CC2)cc1. The fourth-order valence-corrected chi connectivity index (χ4v) is 4.36. The van der Waals surface area contributed by atoms with Gasteiger partial charge in [-0.05, 0) is 42.7 Å². The number of rotatable bonds is 6. The van der Waals surface area contributed by atoms with Gasteiger partial charge in [-0.25, -0.2) is 0 Å². The lowest BCUT2D eigenvalue weighted by Crippen LogP contribution is -2.38. The van der Waals surface area contributed by atoms with E-state index in [-0.39, 0.29) is 11.8 Å². The van der Waals surface area contributed by atoms with Gasteiger partial charge < -0.3 is 13.7 Å². The Labute approximate surface area is 174 Å². The molecule has 1 saturated heterocycles. The molecule has 0 N–H and O–H groups in total. The van der Waals surface area contributed by atoms with E-state index in [1.165, 1.54) is 4.90 Å². The van der Waals surface area contributed by atoms with Gasteiger partial charge in [0.25, 0.3) is 5.89 Å². The van der Waals surface area contributed by atoms with Crippen molar-refractivity contribution in [3.63, 3.8) is 0 Å². The Morgan fingerprint density at radius 3 is 2.59 bits per heavy atom. The summed E-state index contributed by atoms with van der Waals surface area (Å²) in [7, 11) is 0. The van der Waals surface area contributed by atoms with Crippen LogP contribution in [-0.4, -0.2) is 39.3 Å². The molecule has 0 atom stereocenters. The van der Waals surface area contributed by atoms with Crippen molar-refractivity contribution in [3.05, 3.63) is 54.1 Å². The molecule has 152 valence electrons. The van der Waals surface area contributed by atoms with Crippen molar-refractivity contribution in [3.8, 4) is 11.7 Å². The summed E-state index contributed by atoms with van der Waals surface area (Å²) in [4.78, 5) is 15.9. The Hall–Kier alpha value is -2.54. The van der Waals surface area contributed by atoms with Crippen LogP contribution in [0.15, 0.2) is 56.4 Å². The number of benzene rings is 1. The molecule has 2 aromatic heterocycles. The number of aromatic nitrogens is 2. The highest BCUT2D eigenvalue weighted by Gasteiger charge is 2.27. The lowest BCUT2D eigenvalue weighted by atomic mass is 9.96. The summed E-state index contributed by atoms with van der Waals surface area (Å²) in [5.74, 6) is 1.97. The van der Waals surface area contributed by atoms with Crippen molar-refractivity contribution < 1.29 is 13.6 Å². The van der Waals surface area contributed by atoms with E-state index in [2.05, 4.69) is 48.3 Å². The van der Waals surface area contributed by atoms with Crippen LogP contribution in [0, 0.1) is 0 Å². The zero-order chi connectivity index (χ0) is 20.2. The number of hydrogen-bond donors (Lipinski definition) is 0. The van der Waals surface area contributed by atoms with Crippen LogP contribution in [0.1, 0.15) is 44.1 Å². The number of likely N-dealkylation sites (tertiary alicyclic amines) is 1. The van der Waals surface area contributed by atoms with Crippen LogP contribution in [0.5, 0.6) is 0 Å². The summed E-state index contributed by atoms with van der Waals surface area (Å²) >= 11 is 1.83. The van der Waals surface area contributed by atoms with E-state index in [1.807, 2.05) is 16.7 Å². The quantitative estimate of drug-likeness (QED) is 0.544. The summed E-state index contributed by atoms with van der Waals surface area (Å²) in [5, 5.41) is 8.81. The number of furan rings is 1. The molecule has 0 aliphatic carbocycles. The molecule has 1 amide bonds. The van der Waals surface area contributed by atoms with Crippen molar-refractivity contribution in [2.24, 2.45) is 0 Å². The number of nitrogens with zero attached hydrogens (tertiary/aromatic N) is 3. The number of carbonyl (C=O) groups excluding carboxylic acids is 1. The first kappa shape index (κ1) is 19.8. The van der Waals surface area contributed by atoms with Crippen LogP contribution >= 0.6 is 11.8 Å². The highest BCUT2D eigenvalue weighted by atomic mass is 32.2. The second-order valence-electron chi connectivity index (χ2n) is 7.57. The zero-order valence-electron chi connectivity index (χ0n) is 16.7. The van der Waals surface area contributed by atoms with Crippen molar-refractivity contribution in [2.75, 3.05) is 13.1 Å². The van der Waals surface area contributed by atoms with Gasteiger partial charge in [-0.2, -0.15) is 0 Å². The van der Waals surface area contributed by atoms with Crippen molar-refractivity contribution in [1.29, 1.82) is 0 Å². The average Bonchev–Trinajstić information content (AvgIpc) is 3.41. The largest absolute Gasteiger partial charge is 0.459 e. The normalized spacial score (nSPS) is 15.2. The molecule has 0 spiro atoms. The molecule has 6 nitrogen and oxygen atoms in total. The van der Waals surface area contributed by atoms with Gasteiger partial charge in [-0.3, -0.25) is 4.79 Å². The van der Waals surface area contributed by atoms with Gasteiger partial charge >= 0.3 is 0 Å². The third-order valence-electron chi connectivity index (χ3n) is 5.02. The Morgan fingerprint density at radius 2 is 1.93 bits per heavy atom. The lowest BCUT2D eigenvalue weighted by molar-refractivity contribution is -0.131. The molecule has 1 aliphatic heterocycles. The standard InChI is InChI=1S/C22H25N3O3S/c1-15(2)29-18-7-5-16(6-8-18)14-20(26)25-11-9-17(10-12-25)21-23-24-22(28-21)19-4-3-13-27-19/h3-8,13,15,17H,9-12,14H2,1-2H3. The number of hydrogen-bond acceptors (Lipinski definition) is 6. The molecule has 4 rings (SSSR count). The highest BCUT2D eigenvalue weighted by Crippen LogP contribution is 2.30. The van der Waals surface area contributed by atoms with E-state index < -0.39 is 0 Å². The van der Waals surface area contributed by atoms with Crippen molar-refractivity contribution in [2.45, 2.75) is 49.2 Å². The van der Waals surface area contributed by atoms with Crippen LogP contribution in [0.4, 0.5) is 0 Å². The van der Waals surface area contributed by atoms with E-state index >= 15 is 0 Å². The van der Waals surface area contributed by atoms with Crippen LogP contribution in [-0.2, 0) is 11.2 Å². The van der Waals surface area contributed by atoms with Gasteiger partial charge in [-0.1, -0.05) is 26.0 Å². The Balaban J connectivity index is 1.29. The maximum Gasteiger partial charge on any atom is 0.283 e. The summed E-state index contributed by atoms with van der Waals surface area (Å²) < 4.78 is 11.1. The van der Waals surface area contributed by atoms with Gasteiger partial charge in [-0.15, -0.1) is 22.0 Å². The molecule has 29 heavy (non-hydrogen) atoms. The fourth-order valence-electron chi connectivity index (χ4n) is 3.52. The third-order valence-corrected chi connectivity index (χ3v) is 6.04. The summed E-state index contributed by atoms with van der Waals surface area (Å²) in [6.07, 6.45) is 3.69. The lowest BCUT2D eigenvalue weighted by Gasteiger charge is -2.30. The van der Waals surface area contributed by atoms with Crippen molar-refractivity contribution >= 4 is 17.7 Å². The van der Waals surface area contributed by atoms with Crippen LogP contribution in [0.2, 0.25) is 0 Å². The van der Waals surface area contributed by atoms with E-state index in [0.29, 0.717) is 42.3 Å². The number of amides is 1. The molecule has 7 heteroatoms. The molecule has 1 fully saturated rings. The Kier molecular flexibility index (Phi) is 6.04. The van der Waals surface area contributed by atoms with Crippen LogP contribution in [0.3, 0.4) is 0 Å². The zero-order valence-corrected chi connectivity index (χ0v) is 17.5. The molecule has 3 heterocycles. The minimum absolute atomic E-state index is 0.175. The van der Waals surface area contributed by atoms with Gasteiger partial charge in [0, 0.05) is 29.2 Å². The van der Waals surface area contributed by atoms with Gasteiger partial charge in [0.1, 0.15) is 0 Å². The number of thioether (sulfide) groups is 1. The molecular weight excluding hydrogens is 386 g/mol. The Morgan fingerprint density at radius 1 is 1.17 bits per heavy atom. The van der Waals surface area contributed by atoms with Crippen molar-refractivity contribution in [1.82, 2.24) is 15.1 Å². The van der Waals surface area contributed by atoms with E-state index in [1.54, 1.807) is 18.4 Å². The summed E-state index contributed by atoms with van der Waals surface area (Å²) in [6, 6.07) is 11.9. The number of carbonyl (C=O) groups is 1. The fraction of sp³-hybridized carbons (Fsp3) is 0.409. The monoisotopic (exact) mass is 411 g/mol. The molecule has 0 unspecified atom stereocenters. The number of piperidine rings is 1. The predicted octanol–water partition coefficient (Wildman–Crippen LogP) is 4.78. The maximum atomic E-state index is 12.7. The molecule has 0 bridgehead atoms. The van der Waals surface area contributed by atoms with Crippen LogP contribution in [0.25, 0.3) is 11.7 Å². The highest BCUT2D eigenvalue weighted by molar-refractivity contribution is 7.99. The molecule has 1 aromatic carbocycles. The minimum Gasteiger partial charge on any atom is -0.459 e. The van der Waals surface area contributed by atoms with E-state index in [9.17, 15) is 4.79 Å². The molecule has 0 radical (unpaired) electrons. The van der Waals surface area contributed by atoms with Gasteiger partial charge in [0.2, 0.25) is 11.8 Å². The smallest absolute Gasteiger partial charge is 0.283 e. The van der Waals surface area contributed by atoms with Gasteiger partial charge in [0.05, 0.1) is 12.7 Å². The maximum absolute atomic E-state index is 12.7. The first-order valence-electron chi connectivity index (χ1n) is 9.99. The van der Waals surface area contributed by atoms with Crippen LogP contribution < -0.4 is 0 Å².